The largest absolute Gasteiger partial charge is 0.444 e. The van der Waals surface area contributed by atoms with Crippen LogP contribution in [0, 0.1) is 0 Å². The molecule has 1 N–H and O–H groups in total. The van der Waals surface area contributed by atoms with Crippen molar-refractivity contribution in [2.75, 3.05) is 16.4 Å². The number of hydrogen-bond acceptors (Lipinski definition) is 6. The molecule has 0 unspecified atom stereocenters. The van der Waals surface area contributed by atoms with E-state index in [2.05, 4.69) is 10.3 Å². The highest BCUT2D eigenvalue weighted by molar-refractivity contribution is 8.16. The average molecular weight is 550 g/mol. The van der Waals surface area contributed by atoms with E-state index in [0.717, 1.165) is 5.56 Å². The summed E-state index contributed by atoms with van der Waals surface area (Å²) in [6, 6.07) is 15.0. The van der Waals surface area contributed by atoms with Crippen LogP contribution in [0.5, 0.6) is 0 Å². The Kier molecular flexibility index (Phi) is 7.68. The predicted molar refractivity (Wildman–Crippen MR) is 143 cm³/mol. The number of ether oxygens (including phenoxy) is 1. The molecule has 4 rings (SSSR count). The summed E-state index contributed by atoms with van der Waals surface area (Å²) in [7, 11) is -3.21. The summed E-state index contributed by atoms with van der Waals surface area (Å²) in [5.74, 6) is -0.577. The summed E-state index contributed by atoms with van der Waals surface area (Å²) < 4.78 is 30.0. The van der Waals surface area contributed by atoms with E-state index in [1.165, 1.54) is 11.8 Å². The fourth-order valence-corrected chi connectivity index (χ4v) is 8.27. The standard InChI is InChI=1S/C25H28ClN3O5S2/c1-25(2,3)34-24(31)27-19(12-16-8-5-4-6-9-16)22(30)28-23-29(18-11-7-10-17(26)13-18)20-14-36(32,33)15-21(20)35-23/h4-11,13,19-21H,12,14-15H2,1-3H3,(H,27,31)/t19-,20-,21+/m1/s1. The Morgan fingerprint density at radius 3 is 2.56 bits per heavy atom. The van der Waals surface area contributed by atoms with E-state index >= 15 is 0 Å². The second-order valence-corrected chi connectivity index (χ2v) is 13.6. The third kappa shape index (κ3) is 6.60. The van der Waals surface area contributed by atoms with E-state index in [1.54, 1.807) is 49.9 Å². The highest BCUT2D eigenvalue weighted by Gasteiger charge is 2.49. The van der Waals surface area contributed by atoms with Crippen LogP contribution in [0.1, 0.15) is 26.3 Å². The molecule has 0 aliphatic carbocycles. The van der Waals surface area contributed by atoms with E-state index in [1.807, 2.05) is 30.3 Å². The number of thioether (sulfide) groups is 1. The third-order valence-corrected chi connectivity index (χ3v) is 9.08. The summed E-state index contributed by atoms with van der Waals surface area (Å²) in [4.78, 5) is 32.2. The van der Waals surface area contributed by atoms with Crippen LogP contribution in [0.15, 0.2) is 59.6 Å². The first-order valence-electron chi connectivity index (χ1n) is 11.5. The highest BCUT2D eigenvalue weighted by atomic mass is 35.5. The molecule has 192 valence electrons. The molecule has 36 heavy (non-hydrogen) atoms. The molecule has 0 bridgehead atoms. The van der Waals surface area contributed by atoms with Crippen molar-refractivity contribution in [1.82, 2.24) is 5.32 Å². The lowest BCUT2D eigenvalue weighted by Gasteiger charge is -2.25. The zero-order valence-electron chi connectivity index (χ0n) is 20.2. The number of amides is 2. The normalized spacial score (nSPS) is 22.8. The predicted octanol–water partition coefficient (Wildman–Crippen LogP) is 4.08. The Hall–Kier alpha value is -2.56. The van der Waals surface area contributed by atoms with Crippen molar-refractivity contribution in [2.45, 2.75) is 50.1 Å². The van der Waals surface area contributed by atoms with E-state index in [0.29, 0.717) is 15.9 Å². The number of fused-ring (bicyclic) bond motifs is 1. The lowest BCUT2D eigenvalue weighted by Crippen LogP contribution is -2.45. The average Bonchev–Trinajstić information content (AvgIpc) is 3.23. The summed E-state index contributed by atoms with van der Waals surface area (Å²) in [6.45, 7) is 5.23. The number of carbonyl (C=O) groups excluding carboxylic acids is 2. The minimum atomic E-state index is -3.21. The van der Waals surface area contributed by atoms with Crippen LogP contribution in [-0.4, -0.2) is 60.0 Å². The highest BCUT2D eigenvalue weighted by Crippen LogP contribution is 2.41. The second-order valence-electron chi connectivity index (χ2n) is 9.77. The number of sulfone groups is 1. The molecule has 2 amide bonds. The molecule has 8 nitrogen and oxygen atoms in total. The monoisotopic (exact) mass is 549 g/mol. The number of hydrogen-bond donors (Lipinski definition) is 1. The van der Waals surface area contributed by atoms with Crippen LogP contribution in [-0.2, 0) is 25.8 Å². The molecule has 0 saturated carbocycles. The fourth-order valence-electron chi connectivity index (χ4n) is 4.16. The van der Waals surface area contributed by atoms with E-state index in [4.69, 9.17) is 16.3 Å². The van der Waals surface area contributed by atoms with E-state index in [-0.39, 0.29) is 29.2 Å². The number of rotatable bonds is 5. The molecular formula is C25H28ClN3O5S2. The van der Waals surface area contributed by atoms with E-state index in [9.17, 15) is 18.0 Å². The fraction of sp³-hybridized carbons (Fsp3) is 0.400. The van der Waals surface area contributed by atoms with E-state index < -0.39 is 33.5 Å². The van der Waals surface area contributed by atoms with Gasteiger partial charge in [-0.25, -0.2) is 13.2 Å². The summed E-state index contributed by atoms with van der Waals surface area (Å²) in [5, 5.41) is 3.28. The van der Waals surface area contributed by atoms with Gasteiger partial charge >= 0.3 is 6.09 Å². The molecule has 0 spiro atoms. The van der Waals surface area contributed by atoms with Crippen molar-refractivity contribution in [1.29, 1.82) is 0 Å². The minimum absolute atomic E-state index is 0.0101. The smallest absolute Gasteiger partial charge is 0.408 e. The molecule has 2 heterocycles. The molecule has 3 atom stereocenters. The van der Waals surface area contributed by atoms with Gasteiger partial charge in [0.15, 0.2) is 15.0 Å². The van der Waals surface area contributed by atoms with Gasteiger partial charge in [0.2, 0.25) is 0 Å². The molecule has 2 aromatic carbocycles. The molecule has 2 aromatic rings. The maximum absolute atomic E-state index is 13.5. The zero-order chi connectivity index (χ0) is 26.1. The number of anilines is 1. The Bertz CT molecular complexity index is 1280. The number of alkyl carbamates (subject to hydrolysis) is 1. The molecule has 2 fully saturated rings. The zero-order valence-corrected chi connectivity index (χ0v) is 22.6. The molecule has 0 aromatic heterocycles. The van der Waals surface area contributed by atoms with Crippen molar-refractivity contribution in [2.24, 2.45) is 4.99 Å². The van der Waals surface area contributed by atoms with Crippen LogP contribution >= 0.6 is 23.4 Å². The molecular weight excluding hydrogens is 522 g/mol. The van der Waals surface area contributed by atoms with Crippen LogP contribution in [0.2, 0.25) is 5.02 Å². The maximum atomic E-state index is 13.5. The topological polar surface area (TPSA) is 105 Å². The summed E-state index contributed by atoms with van der Waals surface area (Å²) >= 11 is 7.47. The molecule has 11 heteroatoms. The molecule has 2 aliphatic heterocycles. The number of carbonyl (C=O) groups is 2. The number of benzene rings is 2. The Morgan fingerprint density at radius 1 is 1.17 bits per heavy atom. The first kappa shape index (κ1) is 26.5. The van der Waals surface area contributed by atoms with Gasteiger partial charge in [-0.2, -0.15) is 4.99 Å². The van der Waals surface area contributed by atoms with Gasteiger partial charge in [-0.05, 0) is 44.5 Å². The maximum Gasteiger partial charge on any atom is 0.408 e. The Morgan fingerprint density at radius 2 is 1.89 bits per heavy atom. The number of nitrogens with one attached hydrogen (secondary N) is 1. The Balaban J connectivity index is 1.65. The van der Waals surface area contributed by atoms with Crippen LogP contribution in [0.3, 0.4) is 0 Å². The third-order valence-electron chi connectivity index (χ3n) is 5.63. The van der Waals surface area contributed by atoms with Gasteiger partial charge in [-0.15, -0.1) is 0 Å². The van der Waals surface area contributed by atoms with Crippen molar-refractivity contribution in [3.63, 3.8) is 0 Å². The van der Waals surface area contributed by atoms with Crippen LogP contribution in [0.25, 0.3) is 0 Å². The van der Waals surface area contributed by atoms with Crippen LogP contribution in [0.4, 0.5) is 10.5 Å². The lowest BCUT2D eigenvalue weighted by atomic mass is 10.1. The van der Waals surface area contributed by atoms with Gasteiger partial charge in [0.25, 0.3) is 5.91 Å². The van der Waals surface area contributed by atoms with Crippen molar-refractivity contribution in [3.8, 4) is 0 Å². The van der Waals surface area contributed by atoms with Gasteiger partial charge in [0.05, 0.1) is 17.5 Å². The summed E-state index contributed by atoms with van der Waals surface area (Å²) in [5.41, 5.74) is 0.774. The van der Waals surface area contributed by atoms with Gasteiger partial charge in [0, 0.05) is 22.4 Å². The first-order valence-corrected chi connectivity index (χ1v) is 14.6. The quantitative estimate of drug-likeness (QED) is 0.599. The number of aliphatic imine (C=N–C) groups is 1. The number of halogens is 1. The second kappa shape index (κ2) is 10.4. The van der Waals surface area contributed by atoms with Crippen molar-refractivity contribution >= 4 is 56.1 Å². The number of nitrogens with zero attached hydrogens (tertiary/aromatic N) is 2. The molecule has 2 saturated heterocycles. The van der Waals surface area contributed by atoms with Gasteiger partial charge in [-0.1, -0.05) is 59.8 Å². The van der Waals surface area contributed by atoms with Gasteiger partial charge in [-0.3, -0.25) is 4.79 Å². The van der Waals surface area contributed by atoms with Gasteiger partial charge in [0.1, 0.15) is 11.6 Å². The molecule has 0 radical (unpaired) electrons. The van der Waals surface area contributed by atoms with Crippen molar-refractivity contribution in [3.05, 3.63) is 65.2 Å². The number of amidine groups is 1. The Labute approximate surface area is 220 Å². The SMILES string of the molecule is CC(C)(C)OC(=O)N[C@H](Cc1ccccc1)C(=O)N=C1S[C@H]2CS(=O)(=O)C[C@H]2N1c1cccc(Cl)c1. The minimum Gasteiger partial charge on any atom is -0.444 e. The van der Waals surface area contributed by atoms with Crippen LogP contribution < -0.4 is 10.2 Å². The van der Waals surface area contributed by atoms with Gasteiger partial charge < -0.3 is 15.0 Å². The van der Waals surface area contributed by atoms with Crippen molar-refractivity contribution < 1.29 is 22.7 Å². The lowest BCUT2D eigenvalue weighted by molar-refractivity contribution is -0.119. The molecule has 2 aliphatic rings. The first-order chi connectivity index (χ1) is 16.9. The summed E-state index contributed by atoms with van der Waals surface area (Å²) in [6.07, 6.45) is -0.496.